The lowest BCUT2D eigenvalue weighted by Crippen LogP contribution is -2.04. The van der Waals surface area contributed by atoms with Crippen LogP contribution in [0.25, 0.3) is 59.8 Å². The molecule has 0 unspecified atom stereocenters. The Hall–Kier alpha value is -5.32. The van der Waals surface area contributed by atoms with Gasteiger partial charge >= 0.3 is 0 Å². The minimum Gasteiger partial charge on any atom is -0.309 e. The van der Waals surface area contributed by atoms with Crippen molar-refractivity contribution in [2.75, 3.05) is 0 Å². The van der Waals surface area contributed by atoms with E-state index >= 15 is 0 Å². The second-order valence-corrected chi connectivity index (χ2v) is 8.82. The maximum Gasteiger partial charge on any atom is 0.191 e. The predicted octanol–water partition coefficient (Wildman–Crippen LogP) is 8.30. The minimum atomic E-state index is 0.489. The van der Waals surface area contributed by atoms with E-state index in [1.807, 2.05) is 60.7 Å². The monoisotopic (exact) mass is 458 g/mol. The van der Waals surface area contributed by atoms with Gasteiger partial charge in [0.2, 0.25) is 0 Å². The summed E-state index contributed by atoms with van der Waals surface area (Å²) in [7, 11) is 0. The molecule has 36 heavy (non-hydrogen) atoms. The highest BCUT2D eigenvalue weighted by atomic mass is 15.0. The van der Waals surface area contributed by atoms with Gasteiger partial charge in [0.25, 0.3) is 0 Å². The van der Waals surface area contributed by atoms with Crippen molar-refractivity contribution < 1.29 is 0 Å². The lowest BCUT2D eigenvalue weighted by atomic mass is 10.1. The zero-order chi connectivity index (χ0) is 24.2. The van der Waals surface area contributed by atoms with Crippen molar-refractivity contribution in [3.05, 3.63) is 126 Å². The maximum atomic E-state index is 10.6. The molecular weight excluding hydrogens is 440 g/mol. The fraction of sp³-hybridized carbons (Fsp3) is 0. The summed E-state index contributed by atoms with van der Waals surface area (Å²) < 4.78 is 4.24. The summed E-state index contributed by atoms with van der Waals surface area (Å²) in [5, 5.41) is 15.1. The van der Waals surface area contributed by atoms with Crippen LogP contribution in [0, 0.1) is 17.9 Å². The predicted molar refractivity (Wildman–Crippen MR) is 146 cm³/mol. The molecule has 0 N–H and O–H groups in total. The first-order valence-electron chi connectivity index (χ1n) is 11.7. The second kappa shape index (κ2) is 7.60. The fourth-order valence-electron chi connectivity index (χ4n) is 5.49. The molecule has 0 bridgehead atoms. The standard InChI is InChI=1S/C32H18N4/c1-34-21-18-31(35-27-14-6-2-10-22(27)23-11-3-7-15-28(23)35)26(20-33)32(19-21)36-29-16-8-4-12-24(29)25-13-5-9-17-30(25)36/h2-19H. The molecular formula is C32H18N4. The highest BCUT2D eigenvalue weighted by Crippen LogP contribution is 2.39. The van der Waals surface area contributed by atoms with E-state index in [2.05, 4.69) is 68.6 Å². The largest absolute Gasteiger partial charge is 0.309 e. The number of fused-ring (bicyclic) bond motifs is 6. The van der Waals surface area contributed by atoms with Crippen LogP contribution in [-0.2, 0) is 0 Å². The summed E-state index contributed by atoms with van der Waals surface area (Å²) >= 11 is 0. The molecule has 0 saturated carbocycles. The van der Waals surface area contributed by atoms with Crippen LogP contribution < -0.4 is 0 Å². The molecule has 4 nitrogen and oxygen atoms in total. The van der Waals surface area contributed by atoms with Crippen molar-refractivity contribution in [3.8, 4) is 17.4 Å². The number of benzene rings is 5. The van der Waals surface area contributed by atoms with Gasteiger partial charge in [0.05, 0.1) is 45.6 Å². The molecule has 7 aromatic rings. The smallest absolute Gasteiger partial charge is 0.191 e. The first-order valence-corrected chi connectivity index (χ1v) is 11.7. The molecule has 0 aliphatic carbocycles. The summed E-state index contributed by atoms with van der Waals surface area (Å²) in [6.07, 6.45) is 0. The van der Waals surface area contributed by atoms with Crippen LogP contribution in [0.5, 0.6) is 0 Å². The number of para-hydroxylation sites is 4. The Balaban J connectivity index is 1.68. The molecule has 4 heteroatoms. The van der Waals surface area contributed by atoms with Gasteiger partial charge in [-0.05, 0) is 36.4 Å². The van der Waals surface area contributed by atoms with E-state index in [9.17, 15) is 5.26 Å². The lowest BCUT2D eigenvalue weighted by Gasteiger charge is -2.16. The molecule has 0 fully saturated rings. The van der Waals surface area contributed by atoms with Crippen LogP contribution in [0.15, 0.2) is 109 Å². The Labute approximate surface area is 207 Å². The lowest BCUT2D eigenvalue weighted by molar-refractivity contribution is 1.12. The highest BCUT2D eigenvalue weighted by Gasteiger charge is 2.21. The Bertz CT molecular complexity index is 1830. The van der Waals surface area contributed by atoms with Crippen LogP contribution in [0.1, 0.15) is 5.56 Å². The summed E-state index contributed by atoms with van der Waals surface area (Å²) in [5.41, 5.74) is 6.45. The molecule has 0 radical (unpaired) electrons. The highest BCUT2D eigenvalue weighted by molar-refractivity contribution is 6.11. The van der Waals surface area contributed by atoms with Gasteiger partial charge < -0.3 is 9.13 Å². The minimum absolute atomic E-state index is 0.489. The van der Waals surface area contributed by atoms with Crippen LogP contribution in [0.3, 0.4) is 0 Å². The quantitative estimate of drug-likeness (QED) is 0.240. The number of aromatic nitrogens is 2. The van der Waals surface area contributed by atoms with E-state index in [0.29, 0.717) is 22.6 Å². The zero-order valence-corrected chi connectivity index (χ0v) is 19.2. The molecule has 166 valence electrons. The van der Waals surface area contributed by atoms with Gasteiger partial charge in [0.15, 0.2) is 5.69 Å². The van der Waals surface area contributed by atoms with E-state index in [1.54, 1.807) is 0 Å². The number of hydrogen-bond acceptors (Lipinski definition) is 1. The van der Waals surface area contributed by atoms with Crippen LogP contribution in [0.2, 0.25) is 0 Å². The molecule has 0 atom stereocenters. The topological polar surface area (TPSA) is 38.0 Å². The number of nitriles is 1. The van der Waals surface area contributed by atoms with Gasteiger partial charge in [-0.25, -0.2) is 4.85 Å². The van der Waals surface area contributed by atoms with Gasteiger partial charge in [-0.1, -0.05) is 72.8 Å². The number of hydrogen-bond donors (Lipinski definition) is 0. The summed E-state index contributed by atoms with van der Waals surface area (Å²) in [4.78, 5) is 3.82. The van der Waals surface area contributed by atoms with E-state index in [0.717, 1.165) is 43.6 Å². The molecule has 2 aromatic heterocycles. The maximum absolute atomic E-state index is 10.6. The van der Waals surface area contributed by atoms with Crippen molar-refractivity contribution in [2.45, 2.75) is 0 Å². The third-order valence-corrected chi connectivity index (χ3v) is 6.96. The molecule has 0 amide bonds. The zero-order valence-electron chi connectivity index (χ0n) is 19.2. The average Bonchev–Trinajstić information content (AvgIpc) is 3.45. The van der Waals surface area contributed by atoms with Crippen molar-refractivity contribution in [3.63, 3.8) is 0 Å². The van der Waals surface area contributed by atoms with Gasteiger partial charge in [-0.2, -0.15) is 5.26 Å². The van der Waals surface area contributed by atoms with Gasteiger partial charge in [0.1, 0.15) is 6.07 Å². The number of rotatable bonds is 2. The number of nitrogens with zero attached hydrogens (tertiary/aromatic N) is 4. The summed E-state index contributed by atoms with van der Waals surface area (Å²) in [6, 6.07) is 39.0. The Morgan fingerprint density at radius 3 is 1.19 bits per heavy atom. The van der Waals surface area contributed by atoms with Crippen molar-refractivity contribution in [1.82, 2.24) is 9.13 Å². The van der Waals surface area contributed by atoms with E-state index < -0.39 is 0 Å². The van der Waals surface area contributed by atoms with E-state index in [-0.39, 0.29) is 0 Å². The third kappa shape index (κ3) is 2.67. The van der Waals surface area contributed by atoms with Gasteiger partial charge in [-0.3, -0.25) is 0 Å². The third-order valence-electron chi connectivity index (χ3n) is 6.96. The van der Waals surface area contributed by atoms with Crippen molar-refractivity contribution in [1.29, 1.82) is 5.26 Å². The van der Waals surface area contributed by atoms with E-state index in [1.165, 1.54) is 0 Å². The van der Waals surface area contributed by atoms with Crippen molar-refractivity contribution in [2.24, 2.45) is 0 Å². The summed E-state index contributed by atoms with van der Waals surface area (Å²) in [5.74, 6) is 0. The van der Waals surface area contributed by atoms with Crippen LogP contribution >= 0.6 is 0 Å². The molecule has 0 spiro atoms. The Morgan fingerprint density at radius 2 is 0.889 bits per heavy atom. The fourth-order valence-corrected chi connectivity index (χ4v) is 5.49. The first-order chi connectivity index (χ1) is 17.8. The Kier molecular flexibility index (Phi) is 4.24. The van der Waals surface area contributed by atoms with Crippen LogP contribution in [-0.4, -0.2) is 9.13 Å². The summed E-state index contributed by atoms with van der Waals surface area (Å²) in [6.45, 7) is 7.89. The molecule has 5 aromatic carbocycles. The normalized spacial score (nSPS) is 11.3. The molecule has 0 aliphatic heterocycles. The van der Waals surface area contributed by atoms with Gasteiger partial charge in [-0.15, -0.1) is 0 Å². The SMILES string of the molecule is [C-]#[N+]c1cc(-n2c3ccccc3c3ccccc32)c(C#N)c(-n2c3ccccc3c3ccccc32)c1. The van der Waals surface area contributed by atoms with E-state index in [4.69, 9.17) is 6.57 Å². The van der Waals surface area contributed by atoms with Crippen LogP contribution in [0.4, 0.5) is 5.69 Å². The molecule has 0 saturated heterocycles. The molecule has 2 heterocycles. The molecule has 7 rings (SSSR count). The average molecular weight is 459 g/mol. The first kappa shape index (κ1) is 20.1. The Morgan fingerprint density at radius 1 is 0.556 bits per heavy atom. The molecule has 0 aliphatic rings. The van der Waals surface area contributed by atoms with Crippen molar-refractivity contribution >= 4 is 49.3 Å². The van der Waals surface area contributed by atoms with Gasteiger partial charge in [0, 0.05) is 21.5 Å². The second-order valence-electron chi connectivity index (χ2n) is 8.82.